The van der Waals surface area contributed by atoms with E-state index in [2.05, 4.69) is 19.1 Å². The van der Waals surface area contributed by atoms with Gasteiger partial charge in [0.15, 0.2) is 0 Å². The summed E-state index contributed by atoms with van der Waals surface area (Å²) in [5.74, 6) is 2.77. The van der Waals surface area contributed by atoms with E-state index in [0.29, 0.717) is 5.56 Å². The van der Waals surface area contributed by atoms with Gasteiger partial charge >= 0.3 is 0 Å². The summed E-state index contributed by atoms with van der Waals surface area (Å²) < 4.78 is 26.9. The SMILES string of the molecule is CC1CCC(C2CCC(CCc3ccc(-c4cc(F)cc(F)c4)cc3)CC2)CC1. The highest BCUT2D eigenvalue weighted by molar-refractivity contribution is 5.63. The zero-order valence-corrected chi connectivity index (χ0v) is 17.7. The van der Waals surface area contributed by atoms with Gasteiger partial charge in [-0.25, -0.2) is 8.78 Å². The van der Waals surface area contributed by atoms with Crippen molar-refractivity contribution in [1.82, 2.24) is 0 Å². The van der Waals surface area contributed by atoms with Gasteiger partial charge in [-0.05, 0) is 91.0 Å². The highest BCUT2D eigenvalue weighted by atomic mass is 19.1. The Balaban J connectivity index is 1.25. The lowest BCUT2D eigenvalue weighted by molar-refractivity contribution is 0.148. The van der Waals surface area contributed by atoms with Crippen molar-refractivity contribution >= 4 is 0 Å². The molecular weight excluding hydrogens is 362 g/mol. The smallest absolute Gasteiger partial charge is 0.126 e. The molecule has 2 heteroatoms. The fourth-order valence-corrected chi connectivity index (χ4v) is 5.66. The van der Waals surface area contributed by atoms with Crippen LogP contribution in [0.25, 0.3) is 11.1 Å². The topological polar surface area (TPSA) is 0 Å². The van der Waals surface area contributed by atoms with Gasteiger partial charge in [-0.3, -0.25) is 0 Å². The molecule has 0 bridgehead atoms. The Morgan fingerprint density at radius 3 is 1.83 bits per heavy atom. The fraction of sp³-hybridized carbons (Fsp3) is 0.556. The van der Waals surface area contributed by atoms with E-state index in [-0.39, 0.29) is 0 Å². The summed E-state index contributed by atoms with van der Waals surface area (Å²) in [5, 5.41) is 0. The van der Waals surface area contributed by atoms with Crippen molar-refractivity contribution in [1.29, 1.82) is 0 Å². The molecule has 156 valence electrons. The van der Waals surface area contributed by atoms with Gasteiger partial charge in [0.1, 0.15) is 11.6 Å². The van der Waals surface area contributed by atoms with Gasteiger partial charge < -0.3 is 0 Å². The molecule has 0 saturated heterocycles. The van der Waals surface area contributed by atoms with Crippen LogP contribution in [-0.4, -0.2) is 0 Å². The van der Waals surface area contributed by atoms with Gasteiger partial charge in [0.05, 0.1) is 0 Å². The van der Waals surface area contributed by atoms with Crippen LogP contribution in [0.3, 0.4) is 0 Å². The second-order valence-corrected chi connectivity index (χ2v) is 9.69. The van der Waals surface area contributed by atoms with Crippen molar-refractivity contribution < 1.29 is 8.78 Å². The van der Waals surface area contributed by atoms with Crippen molar-refractivity contribution in [2.45, 2.75) is 71.1 Å². The van der Waals surface area contributed by atoms with E-state index in [1.54, 1.807) is 0 Å². The Morgan fingerprint density at radius 2 is 1.24 bits per heavy atom. The molecule has 2 aliphatic carbocycles. The summed E-state index contributed by atoms with van der Waals surface area (Å²) >= 11 is 0. The molecule has 2 fully saturated rings. The molecule has 0 aliphatic heterocycles. The quantitative estimate of drug-likeness (QED) is 0.478. The molecule has 0 unspecified atom stereocenters. The predicted molar refractivity (Wildman–Crippen MR) is 117 cm³/mol. The summed E-state index contributed by atoms with van der Waals surface area (Å²) in [4.78, 5) is 0. The summed E-state index contributed by atoms with van der Waals surface area (Å²) in [5.41, 5.74) is 2.80. The number of benzene rings is 2. The zero-order valence-electron chi connectivity index (χ0n) is 17.7. The number of aryl methyl sites for hydroxylation is 1. The number of hydrogen-bond donors (Lipinski definition) is 0. The number of hydrogen-bond acceptors (Lipinski definition) is 0. The normalized spacial score (nSPS) is 27.7. The first kappa shape index (κ1) is 20.6. The Kier molecular flexibility index (Phi) is 6.67. The molecule has 2 aromatic rings. The van der Waals surface area contributed by atoms with E-state index < -0.39 is 11.6 Å². The van der Waals surface area contributed by atoms with Crippen LogP contribution in [0.15, 0.2) is 42.5 Å². The van der Waals surface area contributed by atoms with Crippen LogP contribution in [0.5, 0.6) is 0 Å². The fourth-order valence-electron chi connectivity index (χ4n) is 5.66. The van der Waals surface area contributed by atoms with E-state index >= 15 is 0 Å². The Morgan fingerprint density at radius 1 is 0.690 bits per heavy atom. The monoisotopic (exact) mass is 396 g/mol. The van der Waals surface area contributed by atoms with Crippen LogP contribution in [0.1, 0.15) is 70.3 Å². The van der Waals surface area contributed by atoms with E-state index in [1.165, 1.54) is 75.5 Å². The average molecular weight is 397 g/mol. The second kappa shape index (κ2) is 9.41. The van der Waals surface area contributed by atoms with Crippen LogP contribution in [0, 0.1) is 35.3 Å². The molecule has 2 aliphatic rings. The van der Waals surface area contributed by atoms with Crippen LogP contribution in [0.2, 0.25) is 0 Å². The standard InChI is InChI=1S/C27H34F2/c1-19-2-10-22(11-3-19)23-12-6-20(7-13-23)4-5-21-8-14-24(15-9-21)25-16-26(28)18-27(29)17-25/h8-9,14-20,22-23H,2-7,10-13H2,1H3. The van der Waals surface area contributed by atoms with Crippen molar-refractivity contribution in [2.24, 2.45) is 23.7 Å². The van der Waals surface area contributed by atoms with E-state index in [0.717, 1.165) is 41.7 Å². The lowest BCUT2D eigenvalue weighted by Crippen LogP contribution is -2.25. The highest BCUT2D eigenvalue weighted by Gasteiger charge is 2.29. The lowest BCUT2D eigenvalue weighted by Gasteiger charge is -2.37. The maximum Gasteiger partial charge on any atom is 0.126 e. The van der Waals surface area contributed by atoms with Crippen LogP contribution in [0.4, 0.5) is 8.78 Å². The molecule has 0 heterocycles. The Hall–Kier alpha value is -1.70. The molecule has 4 rings (SSSR count). The van der Waals surface area contributed by atoms with Gasteiger partial charge in [-0.2, -0.15) is 0 Å². The average Bonchev–Trinajstić information content (AvgIpc) is 2.73. The van der Waals surface area contributed by atoms with Crippen LogP contribution < -0.4 is 0 Å². The van der Waals surface area contributed by atoms with Crippen molar-refractivity contribution in [2.75, 3.05) is 0 Å². The molecule has 0 nitrogen and oxygen atoms in total. The minimum absolute atomic E-state index is 0.526. The zero-order chi connectivity index (χ0) is 20.2. The molecule has 0 atom stereocenters. The molecule has 0 amide bonds. The maximum absolute atomic E-state index is 13.4. The molecule has 0 aromatic heterocycles. The molecule has 2 saturated carbocycles. The molecule has 0 N–H and O–H groups in total. The first-order valence-electron chi connectivity index (χ1n) is 11.6. The third-order valence-corrected chi connectivity index (χ3v) is 7.61. The molecule has 0 spiro atoms. The highest BCUT2D eigenvalue weighted by Crippen LogP contribution is 2.42. The van der Waals surface area contributed by atoms with Crippen molar-refractivity contribution in [3.63, 3.8) is 0 Å². The minimum atomic E-state index is -0.526. The summed E-state index contributed by atoms with van der Waals surface area (Å²) in [6.45, 7) is 2.41. The third-order valence-electron chi connectivity index (χ3n) is 7.61. The van der Waals surface area contributed by atoms with Gasteiger partial charge in [0.2, 0.25) is 0 Å². The first-order valence-corrected chi connectivity index (χ1v) is 11.6. The summed E-state index contributed by atoms with van der Waals surface area (Å²) in [6, 6.07) is 11.9. The number of halogens is 2. The van der Waals surface area contributed by atoms with Gasteiger partial charge in [-0.15, -0.1) is 0 Å². The van der Waals surface area contributed by atoms with Crippen LogP contribution >= 0.6 is 0 Å². The largest absolute Gasteiger partial charge is 0.207 e. The molecule has 29 heavy (non-hydrogen) atoms. The number of rotatable bonds is 5. The van der Waals surface area contributed by atoms with Crippen molar-refractivity contribution in [3.05, 3.63) is 59.7 Å². The molecular formula is C27H34F2. The van der Waals surface area contributed by atoms with Crippen molar-refractivity contribution in [3.8, 4) is 11.1 Å². The third kappa shape index (κ3) is 5.47. The maximum atomic E-state index is 13.4. The predicted octanol–water partition coefficient (Wildman–Crippen LogP) is 8.20. The lowest BCUT2D eigenvalue weighted by atomic mass is 9.69. The van der Waals surface area contributed by atoms with Gasteiger partial charge in [0.25, 0.3) is 0 Å². The van der Waals surface area contributed by atoms with E-state index in [4.69, 9.17) is 0 Å². The summed E-state index contributed by atoms with van der Waals surface area (Å²) in [7, 11) is 0. The van der Waals surface area contributed by atoms with Gasteiger partial charge in [-0.1, -0.05) is 56.9 Å². The first-order chi connectivity index (χ1) is 14.1. The second-order valence-electron chi connectivity index (χ2n) is 9.69. The minimum Gasteiger partial charge on any atom is -0.207 e. The Bertz CT molecular complexity index is 758. The summed E-state index contributed by atoms with van der Waals surface area (Å²) in [6.07, 6.45) is 13.9. The van der Waals surface area contributed by atoms with Gasteiger partial charge in [0, 0.05) is 6.07 Å². The molecule has 0 radical (unpaired) electrons. The Labute approximate surface area is 174 Å². The van der Waals surface area contributed by atoms with Crippen LogP contribution in [-0.2, 0) is 6.42 Å². The molecule has 2 aromatic carbocycles. The van der Waals surface area contributed by atoms with E-state index in [1.807, 2.05) is 12.1 Å². The van der Waals surface area contributed by atoms with E-state index in [9.17, 15) is 8.78 Å².